The van der Waals surface area contributed by atoms with Crippen LogP contribution in [0.5, 0.6) is 0 Å². The maximum Gasteiger partial charge on any atom is 0.0900 e. The standard InChI is InChI=1S/C12H16OS4/c1-2-11(8-16-12-6-15-7-12)17-10(1)5-14-4-9-3-13-9/h1-2,9,12H,3-8H2. The molecule has 1 unspecified atom stereocenters. The van der Waals surface area contributed by atoms with E-state index in [4.69, 9.17) is 4.74 Å². The van der Waals surface area contributed by atoms with Crippen LogP contribution in [0, 0.1) is 0 Å². The van der Waals surface area contributed by atoms with E-state index in [0.29, 0.717) is 6.10 Å². The minimum Gasteiger partial charge on any atom is -0.372 e. The van der Waals surface area contributed by atoms with Gasteiger partial charge in [0, 0.05) is 43.8 Å². The predicted molar refractivity (Wildman–Crippen MR) is 82.6 cm³/mol. The van der Waals surface area contributed by atoms with Crippen molar-refractivity contribution >= 4 is 46.6 Å². The zero-order valence-electron chi connectivity index (χ0n) is 9.59. The second-order valence-corrected chi connectivity index (χ2v) is 8.96. The normalized spacial score (nSPS) is 23.6. The first-order valence-corrected chi connectivity index (χ1v) is 10.0. The lowest BCUT2D eigenvalue weighted by atomic mass is 10.5. The Morgan fingerprint density at radius 2 is 2.00 bits per heavy atom. The van der Waals surface area contributed by atoms with Crippen molar-refractivity contribution in [1.29, 1.82) is 0 Å². The Bertz CT molecular complexity index is 357. The first-order valence-electron chi connectivity index (χ1n) is 5.86. The third-order valence-corrected chi connectivity index (χ3v) is 8.29. The van der Waals surface area contributed by atoms with Gasteiger partial charge >= 0.3 is 0 Å². The molecule has 0 amide bonds. The molecule has 0 bridgehead atoms. The van der Waals surface area contributed by atoms with Gasteiger partial charge in [0.25, 0.3) is 0 Å². The van der Waals surface area contributed by atoms with E-state index in [1.165, 1.54) is 27.9 Å². The van der Waals surface area contributed by atoms with Crippen molar-refractivity contribution < 1.29 is 4.74 Å². The number of rotatable bonds is 7. The lowest BCUT2D eigenvalue weighted by Gasteiger charge is -2.23. The van der Waals surface area contributed by atoms with E-state index >= 15 is 0 Å². The monoisotopic (exact) mass is 304 g/mol. The molecule has 0 aliphatic carbocycles. The smallest absolute Gasteiger partial charge is 0.0900 e. The number of epoxide rings is 1. The Kier molecular flexibility index (Phi) is 4.67. The second-order valence-electron chi connectivity index (χ2n) is 4.31. The SMILES string of the molecule is c1cc(CSC2CSC2)sc1CSCC1CO1. The van der Waals surface area contributed by atoms with Crippen LogP contribution in [0.3, 0.4) is 0 Å². The van der Waals surface area contributed by atoms with Crippen molar-refractivity contribution in [3.63, 3.8) is 0 Å². The molecule has 94 valence electrons. The second kappa shape index (κ2) is 6.24. The van der Waals surface area contributed by atoms with Crippen LogP contribution in [0.15, 0.2) is 12.1 Å². The summed E-state index contributed by atoms with van der Waals surface area (Å²) in [5, 5.41) is 0.923. The molecule has 2 aliphatic heterocycles. The fraction of sp³-hybridized carbons (Fsp3) is 0.667. The van der Waals surface area contributed by atoms with Gasteiger partial charge in [0.15, 0.2) is 0 Å². The summed E-state index contributed by atoms with van der Waals surface area (Å²) in [5.41, 5.74) is 0. The van der Waals surface area contributed by atoms with Crippen LogP contribution in [0.25, 0.3) is 0 Å². The summed E-state index contributed by atoms with van der Waals surface area (Å²) >= 11 is 8.20. The average molecular weight is 305 g/mol. The fourth-order valence-corrected chi connectivity index (χ4v) is 6.22. The highest BCUT2D eigenvalue weighted by molar-refractivity contribution is 8.07. The summed E-state index contributed by atoms with van der Waals surface area (Å²) in [7, 11) is 0. The van der Waals surface area contributed by atoms with E-state index in [0.717, 1.165) is 17.6 Å². The molecule has 5 heteroatoms. The number of ether oxygens (including phenoxy) is 1. The van der Waals surface area contributed by atoms with E-state index in [2.05, 4.69) is 35.7 Å². The van der Waals surface area contributed by atoms with Crippen molar-refractivity contribution in [1.82, 2.24) is 0 Å². The number of hydrogen-bond acceptors (Lipinski definition) is 5. The first-order chi connectivity index (χ1) is 8.40. The summed E-state index contributed by atoms with van der Waals surface area (Å²) in [5.74, 6) is 6.27. The van der Waals surface area contributed by atoms with Crippen LogP contribution in [0.4, 0.5) is 0 Å². The summed E-state index contributed by atoms with van der Waals surface area (Å²) < 4.78 is 5.21. The summed E-state index contributed by atoms with van der Waals surface area (Å²) in [4.78, 5) is 3.07. The molecule has 0 aromatic carbocycles. The Labute approximate surface area is 119 Å². The molecule has 1 aromatic rings. The quantitative estimate of drug-likeness (QED) is 0.711. The molecule has 3 heterocycles. The molecule has 3 rings (SSSR count). The summed E-state index contributed by atoms with van der Waals surface area (Å²) in [6.45, 7) is 0.985. The molecule has 2 aliphatic rings. The van der Waals surface area contributed by atoms with Crippen LogP contribution in [0.2, 0.25) is 0 Å². The molecular formula is C12H16OS4. The van der Waals surface area contributed by atoms with Crippen molar-refractivity contribution in [2.45, 2.75) is 22.9 Å². The number of thioether (sulfide) groups is 3. The van der Waals surface area contributed by atoms with Gasteiger partial charge in [0.1, 0.15) is 0 Å². The van der Waals surface area contributed by atoms with E-state index in [1.54, 1.807) is 4.88 Å². The van der Waals surface area contributed by atoms with E-state index in [-0.39, 0.29) is 0 Å². The van der Waals surface area contributed by atoms with Crippen molar-refractivity contribution in [2.24, 2.45) is 0 Å². The maximum atomic E-state index is 5.21. The highest BCUT2D eigenvalue weighted by atomic mass is 32.2. The van der Waals surface area contributed by atoms with Crippen LogP contribution in [0.1, 0.15) is 9.75 Å². The van der Waals surface area contributed by atoms with Gasteiger partial charge in [-0.25, -0.2) is 0 Å². The Balaban J connectivity index is 1.37. The molecule has 17 heavy (non-hydrogen) atoms. The van der Waals surface area contributed by atoms with Gasteiger partial charge in [-0.3, -0.25) is 0 Å². The number of thiophene rings is 1. The van der Waals surface area contributed by atoms with Gasteiger partial charge in [-0.15, -0.1) is 11.3 Å². The highest BCUT2D eigenvalue weighted by Gasteiger charge is 2.22. The molecule has 2 fully saturated rings. The van der Waals surface area contributed by atoms with Crippen LogP contribution < -0.4 is 0 Å². The Morgan fingerprint density at radius 3 is 2.65 bits per heavy atom. The van der Waals surface area contributed by atoms with Gasteiger partial charge in [0.05, 0.1) is 12.7 Å². The predicted octanol–water partition coefficient (Wildman–Crippen LogP) is 3.73. The van der Waals surface area contributed by atoms with Gasteiger partial charge in [0.2, 0.25) is 0 Å². The van der Waals surface area contributed by atoms with Crippen molar-refractivity contribution in [3.8, 4) is 0 Å². The van der Waals surface area contributed by atoms with Crippen LogP contribution >= 0.6 is 46.6 Å². The van der Waals surface area contributed by atoms with Crippen molar-refractivity contribution in [2.75, 3.05) is 23.9 Å². The summed E-state index contributed by atoms with van der Waals surface area (Å²) in [6.07, 6.45) is 0.561. The highest BCUT2D eigenvalue weighted by Crippen LogP contribution is 2.33. The Hall–Kier alpha value is 0.710. The van der Waals surface area contributed by atoms with E-state index < -0.39 is 0 Å². The summed E-state index contributed by atoms with van der Waals surface area (Å²) in [6, 6.07) is 4.61. The zero-order valence-corrected chi connectivity index (χ0v) is 12.9. The third-order valence-electron chi connectivity index (χ3n) is 2.74. The minimum atomic E-state index is 0.561. The number of hydrogen-bond donors (Lipinski definition) is 0. The molecule has 0 N–H and O–H groups in total. The molecule has 1 nitrogen and oxygen atoms in total. The molecule has 2 saturated heterocycles. The Morgan fingerprint density at radius 1 is 1.24 bits per heavy atom. The lowest BCUT2D eigenvalue weighted by Crippen LogP contribution is -2.20. The third kappa shape index (κ3) is 4.10. The van der Waals surface area contributed by atoms with Crippen LogP contribution in [-0.4, -0.2) is 35.2 Å². The molecular weight excluding hydrogens is 288 g/mol. The molecule has 1 aromatic heterocycles. The molecule has 0 radical (unpaired) electrons. The van der Waals surface area contributed by atoms with Crippen molar-refractivity contribution in [3.05, 3.63) is 21.9 Å². The molecule has 0 saturated carbocycles. The van der Waals surface area contributed by atoms with Gasteiger partial charge < -0.3 is 4.74 Å². The largest absolute Gasteiger partial charge is 0.372 e. The van der Waals surface area contributed by atoms with Gasteiger partial charge in [-0.2, -0.15) is 35.3 Å². The van der Waals surface area contributed by atoms with E-state index in [9.17, 15) is 0 Å². The van der Waals surface area contributed by atoms with E-state index in [1.807, 2.05) is 23.1 Å². The average Bonchev–Trinajstić information content (AvgIpc) is 2.96. The van der Waals surface area contributed by atoms with Gasteiger partial charge in [-0.1, -0.05) is 0 Å². The topological polar surface area (TPSA) is 12.5 Å². The lowest BCUT2D eigenvalue weighted by molar-refractivity contribution is 0.426. The first kappa shape index (κ1) is 12.7. The van der Waals surface area contributed by atoms with Gasteiger partial charge in [-0.05, 0) is 12.1 Å². The molecule has 1 atom stereocenters. The molecule has 0 spiro atoms. The maximum absolute atomic E-state index is 5.21. The van der Waals surface area contributed by atoms with Crippen LogP contribution in [-0.2, 0) is 16.2 Å². The minimum absolute atomic E-state index is 0.561. The fourth-order valence-electron chi connectivity index (χ4n) is 1.54. The zero-order chi connectivity index (χ0) is 11.5.